The number of benzene rings is 1. The maximum atomic E-state index is 12.0. The summed E-state index contributed by atoms with van der Waals surface area (Å²) in [5, 5.41) is 2.84. The fourth-order valence-electron chi connectivity index (χ4n) is 2.23. The Morgan fingerprint density at radius 1 is 1.40 bits per heavy atom. The van der Waals surface area contributed by atoms with Crippen molar-refractivity contribution in [2.75, 3.05) is 20.3 Å². The molecule has 5 nitrogen and oxygen atoms in total. The average Bonchev–Trinajstić information content (AvgIpc) is 2.99. The number of methoxy groups -OCH3 is 1. The van der Waals surface area contributed by atoms with E-state index in [4.69, 9.17) is 4.74 Å². The summed E-state index contributed by atoms with van der Waals surface area (Å²) in [7, 11) is 1.32. The molecule has 1 aromatic carbocycles. The largest absolute Gasteiger partial charge is 0.465 e. The normalized spacial score (nSPS) is 17.8. The third kappa shape index (κ3) is 3.81. The van der Waals surface area contributed by atoms with E-state index in [-0.39, 0.29) is 12.0 Å². The second-order valence-corrected chi connectivity index (χ2v) is 4.75. The molecule has 0 radical (unpaired) electrons. The summed E-state index contributed by atoms with van der Waals surface area (Å²) < 4.78 is 10.1. The van der Waals surface area contributed by atoms with E-state index in [1.807, 2.05) is 0 Å². The lowest BCUT2D eigenvalue weighted by molar-refractivity contribution is 0.0600. The molecule has 20 heavy (non-hydrogen) atoms. The summed E-state index contributed by atoms with van der Waals surface area (Å²) in [5.74, 6) is -0.632. The molecule has 1 amide bonds. The van der Waals surface area contributed by atoms with Gasteiger partial charge in [-0.05, 0) is 37.5 Å². The number of amides is 1. The highest BCUT2D eigenvalue weighted by Crippen LogP contribution is 2.14. The molecular formula is C15H19NO4. The minimum atomic E-state index is -0.445. The van der Waals surface area contributed by atoms with E-state index in [2.05, 4.69) is 10.1 Å². The molecule has 0 spiro atoms. The Hall–Kier alpha value is -1.88. The monoisotopic (exact) mass is 277 g/mol. The molecule has 0 aromatic heterocycles. The van der Waals surface area contributed by atoms with Crippen molar-refractivity contribution in [1.29, 1.82) is 0 Å². The van der Waals surface area contributed by atoms with Crippen molar-refractivity contribution < 1.29 is 19.1 Å². The van der Waals surface area contributed by atoms with Crippen LogP contribution >= 0.6 is 0 Å². The Bertz CT molecular complexity index is 481. The molecule has 2 rings (SSSR count). The lowest BCUT2D eigenvalue weighted by Crippen LogP contribution is -2.27. The van der Waals surface area contributed by atoms with Gasteiger partial charge in [-0.15, -0.1) is 0 Å². The lowest BCUT2D eigenvalue weighted by Gasteiger charge is -2.10. The van der Waals surface area contributed by atoms with E-state index in [0.717, 1.165) is 25.9 Å². The van der Waals surface area contributed by atoms with Crippen LogP contribution < -0.4 is 5.32 Å². The predicted molar refractivity (Wildman–Crippen MR) is 73.7 cm³/mol. The van der Waals surface area contributed by atoms with Gasteiger partial charge in [0.1, 0.15) is 0 Å². The Morgan fingerprint density at radius 3 is 2.90 bits per heavy atom. The molecule has 1 aromatic rings. The third-order valence-electron chi connectivity index (χ3n) is 3.32. The van der Waals surface area contributed by atoms with Gasteiger partial charge in [0.25, 0.3) is 5.91 Å². The number of ether oxygens (including phenoxy) is 2. The van der Waals surface area contributed by atoms with Gasteiger partial charge in [-0.1, -0.05) is 6.07 Å². The summed E-state index contributed by atoms with van der Waals surface area (Å²) in [5.41, 5.74) is 0.833. The van der Waals surface area contributed by atoms with Crippen LogP contribution in [0.5, 0.6) is 0 Å². The molecule has 108 valence electrons. The Labute approximate surface area is 118 Å². The van der Waals surface area contributed by atoms with Crippen molar-refractivity contribution in [3.05, 3.63) is 35.4 Å². The molecule has 1 N–H and O–H groups in total. The van der Waals surface area contributed by atoms with Crippen molar-refractivity contribution in [1.82, 2.24) is 5.32 Å². The SMILES string of the molecule is COC(=O)c1cccc(C(=O)NCC[C@@H]2CCCO2)c1. The highest BCUT2D eigenvalue weighted by Gasteiger charge is 2.16. The molecule has 0 bridgehead atoms. The Kier molecular flexibility index (Phi) is 5.12. The molecule has 1 heterocycles. The standard InChI is InChI=1S/C15H19NO4/c1-19-15(18)12-5-2-4-11(10-12)14(17)16-8-7-13-6-3-9-20-13/h2,4-5,10,13H,3,6-9H2,1H3,(H,16,17)/t13-/m0/s1. The zero-order chi connectivity index (χ0) is 14.4. The highest BCUT2D eigenvalue weighted by molar-refractivity contribution is 5.97. The minimum absolute atomic E-state index is 0.186. The number of esters is 1. The second-order valence-electron chi connectivity index (χ2n) is 4.75. The zero-order valence-corrected chi connectivity index (χ0v) is 11.6. The minimum Gasteiger partial charge on any atom is -0.465 e. The van der Waals surface area contributed by atoms with Crippen LogP contribution in [-0.2, 0) is 9.47 Å². The van der Waals surface area contributed by atoms with Crippen molar-refractivity contribution in [3.8, 4) is 0 Å². The molecule has 1 fully saturated rings. The quantitative estimate of drug-likeness (QED) is 0.833. The molecule has 1 atom stereocenters. The first kappa shape index (κ1) is 14.5. The van der Waals surface area contributed by atoms with Crippen molar-refractivity contribution in [3.63, 3.8) is 0 Å². The Balaban J connectivity index is 1.86. The summed E-state index contributed by atoms with van der Waals surface area (Å²) in [4.78, 5) is 23.4. The fraction of sp³-hybridized carbons (Fsp3) is 0.467. The first-order valence-electron chi connectivity index (χ1n) is 6.79. The number of carbonyl (C=O) groups is 2. The van der Waals surface area contributed by atoms with Crippen LogP contribution in [0.2, 0.25) is 0 Å². The van der Waals surface area contributed by atoms with Gasteiger partial charge >= 0.3 is 5.97 Å². The Morgan fingerprint density at radius 2 is 2.20 bits per heavy atom. The maximum absolute atomic E-state index is 12.0. The van der Waals surface area contributed by atoms with E-state index in [1.165, 1.54) is 13.2 Å². The number of rotatable bonds is 5. The van der Waals surface area contributed by atoms with E-state index < -0.39 is 5.97 Å². The summed E-state index contributed by atoms with van der Waals surface area (Å²) >= 11 is 0. The van der Waals surface area contributed by atoms with Crippen LogP contribution in [0.1, 0.15) is 40.0 Å². The van der Waals surface area contributed by atoms with Gasteiger partial charge in [0, 0.05) is 18.7 Å². The van der Waals surface area contributed by atoms with Gasteiger partial charge in [0.15, 0.2) is 0 Å². The third-order valence-corrected chi connectivity index (χ3v) is 3.32. The highest BCUT2D eigenvalue weighted by atomic mass is 16.5. The zero-order valence-electron chi connectivity index (χ0n) is 11.6. The number of hydrogen-bond acceptors (Lipinski definition) is 4. The van der Waals surface area contributed by atoms with Gasteiger partial charge in [-0.2, -0.15) is 0 Å². The van der Waals surface area contributed by atoms with Crippen LogP contribution in [0.25, 0.3) is 0 Å². The number of nitrogens with one attached hydrogen (secondary N) is 1. The average molecular weight is 277 g/mol. The molecule has 1 aliphatic rings. The first-order chi connectivity index (χ1) is 9.70. The molecule has 1 aliphatic heterocycles. The van der Waals surface area contributed by atoms with E-state index in [1.54, 1.807) is 18.2 Å². The van der Waals surface area contributed by atoms with Crippen molar-refractivity contribution >= 4 is 11.9 Å². The molecule has 0 unspecified atom stereocenters. The lowest BCUT2D eigenvalue weighted by atomic mass is 10.1. The van der Waals surface area contributed by atoms with Crippen LogP contribution in [0.3, 0.4) is 0 Å². The molecule has 0 aliphatic carbocycles. The summed E-state index contributed by atoms with van der Waals surface area (Å²) in [6.07, 6.45) is 3.24. The van der Waals surface area contributed by atoms with Gasteiger partial charge in [0.05, 0.1) is 18.8 Å². The molecule has 0 saturated carbocycles. The van der Waals surface area contributed by atoms with Crippen LogP contribution in [0.15, 0.2) is 24.3 Å². The summed E-state index contributed by atoms with van der Waals surface area (Å²) in [6, 6.07) is 6.50. The van der Waals surface area contributed by atoms with Gasteiger partial charge in [0.2, 0.25) is 0 Å². The van der Waals surface area contributed by atoms with Gasteiger partial charge in [-0.25, -0.2) is 4.79 Å². The van der Waals surface area contributed by atoms with Crippen LogP contribution in [-0.4, -0.2) is 38.2 Å². The van der Waals surface area contributed by atoms with E-state index in [9.17, 15) is 9.59 Å². The second kappa shape index (κ2) is 7.05. The number of hydrogen-bond donors (Lipinski definition) is 1. The van der Waals surface area contributed by atoms with Crippen molar-refractivity contribution in [2.45, 2.75) is 25.4 Å². The molecule has 1 saturated heterocycles. The molecular weight excluding hydrogens is 258 g/mol. The smallest absolute Gasteiger partial charge is 0.337 e. The fourth-order valence-corrected chi connectivity index (χ4v) is 2.23. The van der Waals surface area contributed by atoms with E-state index in [0.29, 0.717) is 17.7 Å². The summed E-state index contributed by atoms with van der Waals surface area (Å²) in [6.45, 7) is 1.39. The van der Waals surface area contributed by atoms with Crippen molar-refractivity contribution in [2.24, 2.45) is 0 Å². The van der Waals surface area contributed by atoms with E-state index >= 15 is 0 Å². The van der Waals surface area contributed by atoms with Crippen LogP contribution in [0.4, 0.5) is 0 Å². The van der Waals surface area contributed by atoms with Gasteiger partial charge in [-0.3, -0.25) is 4.79 Å². The van der Waals surface area contributed by atoms with Gasteiger partial charge < -0.3 is 14.8 Å². The van der Waals surface area contributed by atoms with Crippen LogP contribution in [0, 0.1) is 0 Å². The maximum Gasteiger partial charge on any atom is 0.337 e. The predicted octanol–water partition coefficient (Wildman–Crippen LogP) is 1.77. The first-order valence-corrected chi connectivity index (χ1v) is 6.79. The molecule has 5 heteroatoms. The topological polar surface area (TPSA) is 64.6 Å². The number of carbonyl (C=O) groups excluding carboxylic acids is 2.